The summed E-state index contributed by atoms with van der Waals surface area (Å²) in [5.41, 5.74) is 0. The van der Waals surface area contributed by atoms with Gasteiger partial charge in [0.15, 0.2) is 0 Å². The second-order valence-electron chi connectivity index (χ2n) is 4.33. The summed E-state index contributed by atoms with van der Waals surface area (Å²) < 4.78 is 5.41. The van der Waals surface area contributed by atoms with Crippen LogP contribution in [0, 0.1) is 5.92 Å². The lowest BCUT2D eigenvalue weighted by Crippen LogP contribution is -2.38. The van der Waals surface area contributed by atoms with Crippen LogP contribution >= 0.6 is 0 Å². The number of carbonyl (C=O) groups excluding carboxylic acids is 1. The van der Waals surface area contributed by atoms with Gasteiger partial charge in [-0.15, -0.1) is 0 Å². The van der Waals surface area contributed by atoms with Crippen LogP contribution in [0.25, 0.3) is 0 Å². The predicted octanol–water partition coefficient (Wildman–Crippen LogP) is 1.91. The number of ether oxygens (including phenoxy) is 1. The van der Waals surface area contributed by atoms with Crippen LogP contribution in [0.4, 0.5) is 0 Å². The van der Waals surface area contributed by atoms with Crippen molar-refractivity contribution in [3.8, 4) is 0 Å². The van der Waals surface area contributed by atoms with Gasteiger partial charge in [0.05, 0.1) is 18.6 Å². The predicted molar refractivity (Wildman–Crippen MR) is 58.2 cm³/mol. The molecule has 0 aliphatic rings. The van der Waals surface area contributed by atoms with Crippen molar-refractivity contribution >= 4 is 5.91 Å². The number of amides is 1. The van der Waals surface area contributed by atoms with E-state index in [0.29, 0.717) is 6.61 Å². The Bertz CT molecular complexity index is 178. The second kappa shape index (κ2) is 6.02. The molecule has 0 fully saturated rings. The number of nitrogens with zero attached hydrogens (tertiary/aromatic N) is 1. The SMILES string of the molecule is CC(C)OCC(C)C(=O)N(C)C(C)C. The average Bonchev–Trinajstić information content (AvgIpc) is 2.11. The van der Waals surface area contributed by atoms with E-state index in [0.717, 1.165) is 0 Å². The van der Waals surface area contributed by atoms with Crippen LogP contribution < -0.4 is 0 Å². The number of hydrogen-bond acceptors (Lipinski definition) is 2. The van der Waals surface area contributed by atoms with E-state index in [1.807, 2.05) is 41.7 Å². The summed E-state index contributed by atoms with van der Waals surface area (Å²) >= 11 is 0. The van der Waals surface area contributed by atoms with Crippen molar-refractivity contribution in [3.05, 3.63) is 0 Å². The molecule has 0 aromatic heterocycles. The third-order valence-corrected chi connectivity index (χ3v) is 2.22. The minimum absolute atomic E-state index is 0.0511. The minimum Gasteiger partial charge on any atom is -0.378 e. The summed E-state index contributed by atoms with van der Waals surface area (Å²) in [5.74, 6) is 0.102. The lowest BCUT2D eigenvalue weighted by Gasteiger charge is -2.25. The first-order valence-electron chi connectivity index (χ1n) is 5.24. The van der Waals surface area contributed by atoms with Crippen molar-refractivity contribution in [2.45, 2.75) is 46.8 Å². The fourth-order valence-corrected chi connectivity index (χ4v) is 1.01. The molecule has 1 amide bonds. The van der Waals surface area contributed by atoms with Gasteiger partial charge in [0.25, 0.3) is 0 Å². The third-order valence-electron chi connectivity index (χ3n) is 2.22. The Balaban J connectivity index is 3.99. The molecule has 0 aromatic carbocycles. The van der Waals surface area contributed by atoms with Crippen LogP contribution in [0.5, 0.6) is 0 Å². The maximum atomic E-state index is 11.7. The first-order valence-corrected chi connectivity index (χ1v) is 5.24. The molecule has 0 N–H and O–H groups in total. The van der Waals surface area contributed by atoms with E-state index in [1.54, 1.807) is 4.90 Å². The van der Waals surface area contributed by atoms with Gasteiger partial charge in [0, 0.05) is 13.1 Å². The van der Waals surface area contributed by atoms with Crippen LogP contribution in [0.1, 0.15) is 34.6 Å². The van der Waals surface area contributed by atoms with Crippen LogP contribution in [0.3, 0.4) is 0 Å². The Kier molecular flexibility index (Phi) is 5.77. The molecule has 3 heteroatoms. The first kappa shape index (κ1) is 13.4. The van der Waals surface area contributed by atoms with Crippen molar-refractivity contribution in [2.75, 3.05) is 13.7 Å². The number of rotatable bonds is 5. The van der Waals surface area contributed by atoms with E-state index in [2.05, 4.69) is 0 Å². The van der Waals surface area contributed by atoms with Gasteiger partial charge in [-0.05, 0) is 27.7 Å². The summed E-state index contributed by atoms with van der Waals surface area (Å²) in [4.78, 5) is 13.5. The van der Waals surface area contributed by atoms with E-state index < -0.39 is 0 Å². The Labute approximate surface area is 87.4 Å². The molecule has 0 radical (unpaired) electrons. The molecule has 0 rings (SSSR count). The molecule has 1 atom stereocenters. The van der Waals surface area contributed by atoms with Crippen molar-refractivity contribution in [1.82, 2.24) is 4.90 Å². The Morgan fingerprint density at radius 2 is 1.71 bits per heavy atom. The van der Waals surface area contributed by atoms with Gasteiger partial charge in [-0.25, -0.2) is 0 Å². The van der Waals surface area contributed by atoms with E-state index >= 15 is 0 Å². The molecule has 0 saturated carbocycles. The molecular weight excluding hydrogens is 178 g/mol. The highest BCUT2D eigenvalue weighted by Crippen LogP contribution is 2.06. The molecule has 84 valence electrons. The highest BCUT2D eigenvalue weighted by atomic mass is 16.5. The molecule has 0 aliphatic heterocycles. The van der Waals surface area contributed by atoms with Gasteiger partial charge in [-0.2, -0.15) is 0 Å². The number of carbonyl (C=O) groups is 1. The average molecular weight is 201 g/mol. The van der Waals surface area contributed by atoms with Crippen LogP contribution in [-0.2, 0) is 9.53 Å². The van der Waals surface area contributed by atoms with E-state index in [1.165, 1.54) is 0 Å². The quantitative estimate of drug-likeness (QED) is 0.680. The lowest BCUT2D eigenvalue weighted by atomic mass is 10.1. The topological polar surface area (TPSA) is 29.5 Å². The van der Waals surface area contributed by atoms with Gasteiger partial charge in [0.1, 0.15) is 0 Å². The summed E-state index contributed by atoms with van der Waals surface area (Å²) in [6, 6.07) is 0.254. The van der Waals surface area contributed by atoms with Crippen LogP contribution in [0.2, 0.25) is 0 Å². The summed E-state index contributed by atoms with van der Waals surface area (Å²) in [7, 11) is 1.83. The molecule has 0 bridgehead atoms. The van der Waals surface area contributed by atoms with Crippen LogP contribution in [-0.4, -0.2) is 36.6 Å². The molecule has 3 nitrogen and oxygen atoms in total. The highest BCUT2D eigenvalue weighted by molar-refractivity contribution is 5.78. The van der Waals surface area contributed by atoms with Gasteiger partial charge in [0.2, 0.25) is 5.91 Å². The van der Waals surface area contributed by atoms with Crippen molar-refractivity contribution in [2.24, 2.45) is 5.92 Å². The fourth-order valence-electron chi connectivity index (χ4n) is 1.01. The monoisotopic (exact) mass is 201 g/mol. The van der Waals surface area contributed by atoms with Crippen molar-refractivity contribution in [1.29, 1.82) is 0 Å². The molecule has 0 aliphatic carbocycles. The van der Waals surface area contributed by atoms with Crippen molar-refractivity contribution in [3.63, 3.8) is 0 Å². The van der Waals surface area contributed by atoms with Gasteiger partial charge in [-0.3, -0.25) is 4.79 Å². The molecular formula is C11H23NO2. The Hall–Kier alpha value is -0.570. The summed E-state index contributed by atoms with van der Waals surface area (Å²) in [6.45, 7) is 10.4. The minimum atomic E-state index is -0.0511. The van der Waals surface area contributed by atoms with E-state index in [9.17, 15) is 4.79 Å². The largest absolute Gasteiger partial charge is 0.378 e. The molecule has 0 spiro atoms. The highest BCUT2D eigenvalue weighted by Gasteiger charge is 2.19. The lowest BCUT2D eigenvalue weighted by molar-refractivity contribution is -0.137. The standard InChI is InChI=1S/C11H23NO2/c1-8(2)12(6)11(13)10(5)7-14-9(3)4/h8-10H,7H2,1-6H3. The maximum Gasteiger partial charge on any atom is 0.227 e. The fraction of sp³-hybridized carbons (Fsp3) is 0.909. The third kappa shape index (κ3) is 4.61. The van der Waals surface area contributed by atoms with Gasteiger partial charge >= 0.3 is 0 Å². The smallest absolute Gasteiger partial charge is 0.227 e. The molecule has 0 saturated heterocycles. The normalized spacial score (nSPS) is 13.4. The van der Waals surface area contributed by atoms with Gasteiger partial charge in [-0.1, -0.05) is 6.92 Å². The number of hydrogen-bond donors (Lipinski definition) is 0. The molecule has 0 heterocycles. The molecule has 1 unspecified atom stereocenters. The van der Waals surface area contributed by atoms with Gasteiger partial charge < -0.3 is 9.64 Å². The summed E-state index contributed by atoms with van der Waals surface area (Å²) in [5, 5.41) is 0. The van der Waals surface area contributed by atoms with Crippen molar-refractivity contribution < 1.29 is 9.53 Å². The van der Waals surface area contributed by atoms with E-state index in [4.69, 9.17) is 4.74 Å². The maximum absolute atomic E-state index is 11.7. The zero-order chi connectivity index (χ0) is 11.3. The zero-order valence-corrected chi connectivity index (χ0v) is 10.2. The van der Waals surface area contributed by atoms with Crippen LogP contribution in [0.15, 0.2) is 0 Å². The second-order valence-corrected chi connectivity index (χ2v) is 4.33. The Morgan fingerprint density at radius 3 is 2.07 bits per heavy atom. The summed E-state index contributed by atoms with van der Waals surface area (Å²) in [6.07, 6.45) is 0.189. The molecule has 0 aromatic rings. The zero-order valence-electron chi connectivity index (χ0n) is 10.2. The molecule has 14 heavy (non-hydrogen) atoms. The first-order chi connectivity index (χ1) is 6.36. The Morgan fingerprint density at radius 1 is 1.21 bits per heavy atom. The van der Waals surface area contributed by atoms with E-state index in [-0.39, 0.29) is 24.0 Å².